The first kappa shape index (κ1) is 13.8. The van der Waals surface area contributed by atoms with E-state index in [-0.39, 0.29) is 5.91 Å². The van der Waals surface area contributed by atoms with Gasteiger partial charge in [0.25, 0.3) is 5.91 Å². The van der Waals surface area contributed by atoms with E-state index in [2.05, 4.69) is 22.5 Å². The van der Waals surface area contributed by atoms with Crippen LogP contribution < -0.4 is 10.6 Å². The number of hydrogen-bond acceptors (Lipinski definition) is 3. The lowest BCUT2D eigenvalue weighted by Crippen LogP contribution is -2.31. The number of anilines is 1. The number of amides is 1. The number of nitrogens with zero attached hydrogens (tertiary/aromatic N) is 1. The van der Waals surface area contributed by atoms with Gasteiger partial charge in [-0.1, -0.05) is 19.8 Å². The summed E-state index contributed by atoms with van der Waals surface area (Å²) in [6.07, 6.45) is 6.72. The van der Waals surface area contributed by atoms with E-state index < -0.39 is 0 Å². The maximum absolute atomic E-state index is 12.1. The van der Waals surface area contributed by atoms with Gasteiger partial charge in [0.15, 0.2) is 0 Å². The van der Waals surface area contributed by atoms with E-state index in [1.54, 1.807) is 25.4 Å². The molecule has 1 saturated carbocycles. The van der Waals surface area contributed by atoms with Gasteiger partial charge in [-0.25, -0.2) is 4.98 Å². The number of aromatic nitrogens is 1. The SMILES string of the molecule is CNc1ncccc1C(=O)NCC1CCC(C)CC1. The van der Waals surface area contributed by atoms with Crippen molar-refractivity contribution in [3.63, 3.8) is 0 Å². The van der Waals surface area contributed by atoms with Crippen molar-refractivity contribution < 1.29 is 4.79 Å². The number of pyridine rings is 1. The van der Waals surface area contributed by atoms with Crippen LogP contribution in [-0.2, 0) is 0 Å². The van der Waals surface area contributed by atoms with Crippen LogP contribution >= 0.6 is 0 Å². The molecule has 0 radical (unpaired) electrons. The Morgan fingerprint density at radius 3 is 2.79 bits per heavy atom. The second-order valence-corrected chi connectivity index (χ2v) is 5.49. The predicted molar refractivity (Wildman–Crippen MR) is 77.2 cm³/mol. The van der Waals surface area contributed by atoms with Gasteiger partial charge in [0.1, 0.15) is 5.82 Å². The quantitative estimate of drug-likeness (QED) is 0.876. The maximum Gasteiger partial charge on any atom is 0.255 e. The van der Waals surface area contributed by atoms with Crippen LogP contribution in [0.2, 0.25) is 0 Å². The van der Waals surface area contributed by atoms with Crippen molar-refractivity contribution in [2.75, 3.05) is 18.9 Å². The standard InChI is InChI=1S/C15H23N3O/c1-11-5-7-12(8-6-11)10-18-15(19)13-4-3-9-17-14(13)16-2/h3-4,9,11-12H,5-8,10H2,1-2H3,(H,16,17)(H,18,19). The fourth-order valence-corrected chi connectivity index (χ4v) is 2.65. The van der Waals surface area contributed by atoms with E-state index in [9.17, 15) is 4.79 Å². The van der Waals surface area contributed by atoms with Crippen molar-refractivity contribution in [1.82, 2.24) is 10.3 Å². The number of carbonyl (C=O) groups excluding carboxylic acids is 1. The average Bonchev–Trinajstić information content (AvgIpc) is 2.46. The summed E-state index contributed by atoms with van der Waals surface area (Å²) in [7, 11) is 1.78. The van der Waals surface area contributed by atoms with Crippen LogP contribution in [0.4, 0.5) is 5.82 Å². The van der Waals surface area contributed by atoms with Crippen LogP contribution in [0.3, 0.4) is 0 Å². The average molecular weight is 261 g/mol. The molecule has 1 aromatic rings. The van der Waals surface area contributed by atoms with E-state index in [4.69, 9.17) is 0 Å². The zero-order valence-corrected chi connectivity index (χ0v) is 11.8. The lowest BCUT2D eigenvalue weighted by Gasteiger charge is -2.26. The summed E-state index contributed by atoms with van der Waals surface area (Å²) in [6, 6.07) is 3.59. The summed E-state index contributed by atoms with van der Waals surface area (Å²) in [5.74, 6) is 2.09. The smallest absolute Gasteiger partial charge is 0.255 e. The molecule has 2 N–H and O–H groups in total. The van der Waals surface area contributed by atoms with E-state index in [1.807, 2.05) is 0 Å². The third kappa shape index (κ3) is 3.69. The fraction of sp³-hybridized carbons (Fsp3) is 0.600. The molecule has 2 rings (SSSR count). The Balaban J connectivity index is 1.87. The maximum atomic E-state index is 12.1. The number of nitrogens with one attached hydrogen (secondary N) is 2. The summed E-state index contributed by atoms with van der Waals surface area (Å²) in [5.41, 5.74) is 0.620. The predicted octanol–water partition coefficient (Wildman–Crippen LogP) is 2.68. The molecule has 1 fully saturated rings. The van der Waals surface area contributed by atoms with E-state index in [0.29, 0.717) is 17.3 Å². The third-order valence-corrected chi connectivity index (χ3v) is 3.98. The van der Waals surface area contributed by atoms with Gasteiger partial charge in [0.05, 0.1) is 5.56 Å². The minimum absolute atomic E-state index is 0.0314. The number of hydrogen-bond donors (Lipinski definition) is 2. The molecule has 4 nitrogen and oxygen atoms in total. The first-order valence-electron chi connectivity index (χ1n) is 7.11. The molecule has 1 amide bonds. The van der Waals surface area contributed by atoms with Crippen molar-refractivity contribution in [1.29, 1.82) is 0 Å². The Kier molecular flexibility index (Phi) is 4.77. The van der Waals surface area contributed by atoms with Crippen LogP contribution in [0.5, 0.6) is 0 Å². The second kappa shape index (κ2) is 6.55. The molecule has 1 aliphatic carbocycles. The Labute approximate surface area is 115 Å². The highest BCUT2D eigenvalue weighted by Gasteiger charge is 2.19. The minimum atomic E-state index is -0.0314. The molecule has 0 bridgehead atoms. The highest BCUT2D eigenvalue weighted by molar-refractivity contribution is 5.98. The third-order valence-electron chi connectivity index (χ3n) is 3.98. The van der Waals surface area contributed by atoms with E-state index >= 15 is 0 Å². The summed E-state index contributed by atoms with van der Waals surface area (Å²) in [5, 5.41) is 5.99. The van der Waals surface area contributed by atoms with Crippen molar-refractivity contribution in [2.24, 2.45) is 11.8 Å². The number of carbonyl (C=O) groups is 1. The Bertz CT molecular complexity index is 425. The topological polar surface area (TPSA) is 54.0 Å². The van der Waals surface area contributed by atoms with Gasteiger partial charge in [-0.2, -0.15) is 0 Å². The van der Waals surface area contributed by atoms with Crippen molar-refractivity contribution in [3.05, 3.63) is 23.9 Å². The molecular weight excluding hydrogens is 238 g/mol. The summed E-state index contributed by atoms with van der Waals surface area (Å²) in [4.78, 5) is 16.3. The summed E-state index contributed by atoms with van der Waals surface area (Å²) in [6.45, 7) is 3.09. The molecule has 0 unspecified atom stereocenters. The van der Waals surface area contributed by atoms with Gasteiger partial charge in [0.2, 0.25) is 0 Å². The van der Waals surface area contributed by atoms with Gasteiger partial charge in [-0.05, 0) is 36.8 Å². The Morgan fingerprint density at radius 1 is 1.37 bits per heavy atom. The normalized spacial score (nSPS) is 22.8. The lowest BCUT2D eigenvalue weighted by atomic mass is 9.83. The van der Waals surface area contributed by atoms with Crippen LogP contribution in [0.1, 0.15) is 43.0 Å². The van der Waals surface area contributed by atoms with E-state index in [0.717, 1.165) is 12.5 Å². The van der Waals surface area contributed by atoms with Gasteiger partial charge in [0, 0.05) is 19.8 Å². The van der Waals surface area contributed by atoms with Gasteiger partial charge in [-0.15, -0.1) is 0 Å². The molecule has 4 heteroatoms. The zero-order chi connectivity index (χ0) is 13.7. The molecular formula is C15H23N3O. The van der Waals surface area contributed by atoms with Crippen molar-refractivity contribution >= 4 is 11.7 Å². The highest BCUT2D eigenvalue weighted by atomic mass is 16.1. The monoisotopic (exact) mass is 261 g/mol. The summed E-state index contributed by atoms with van der Waals surface area (Å²) < 4.78 is 0. The molecule has 1 heterocycles. The number of rotatable bonds is 4. The fourth-order valence-electron chi connectivity index (χ4n) is 2.65. The van der Waals surface area contributed by atoms with Gasteiger partial charge in [-0.3, -0.25) is 4.79 Å². The molecule has 1 aromatic heterocycles. The summed E-state index contributed by atoms with van der Waals surface area (Å²) >= 11 is 0. The Hall–Kier alpha value is -1.58. The van der Waals surface area contributed by atoms with E-state index in [1.165, 1.54) is 25.7 Å². The minimum Gasteiger partial charge on any atom is -0.372 e. The molecule has 104 valence electrons. The van der Waals surface area contributed by atoms with Crippen LogP contribution in [-0.4, -0.2) is 24.5 Å². The van der Waals surface area contributed by atoms with Crippen LogP contribution in [0, 0.1) is 11.8 Å². The molecule has 19 heavy (non-hydrogen) atoms. The highest BCUT2D eigenvalue weighted by Crippen LogP contribution is 2.27. The zero-order valence-electron chi connectivity index (χ0n) is 11.8. The molecule has 1 aliphatic rings. The molecule has 0 saturated heterocycles. The lowest BCUT2D eigenvalue weighted by molar-refractivity contribution is 0.0942. The Morgan fingerprint density at radius 2 is 2.11 bits per heavy atom. The van der Waals surface area contributed by atoms with Crippen LogP contribution in [0.25, 0.3) is 0 Å². The largest absolute Gasteiger partial charge is 0.372 e. The molecule has 0 atom stereocenters. The van der Waals surface area contributed by atoms with Crippen molar-refractivity contribution in [2.45, 2.75) is 32.6 Å². The second-order valence-electron chi connectivity index (χ2n) is 5.49. The van der Waals surface area contributed by atoms with Gasteiger partial charge < -0.3 is 10.6 Å². The molecule has 0 aromatic carbocycles. The van der Waals surface area contributed by atoms with Crippen LogP contribution in [0.15, 0.2) is 18.3 Å². The molecule has 0 spiro atoms. The van der Waals surface area contributed by atoms with Gasteiger partial charge >= 0.3 is 0 Å². The van der Waals surface area contributed by atoms with Crippen molar-refractivity contribution in [3.8, 4) is 0 Å². The first-order valence-corrected chi connectivity index (χ1v) is 7.11. The first-order chi connectivity index (χ1) is 9.20. The molecule has 0 aliphatic heterocycles.